The van der Waals surface area contributed by atoms with E-state index >= 15 is 0 Å². The molecule has 0 bridgehead atoms. The Hall–Kier alpha value is -2.46. The fraction of sp³-hybridized carbons (Fsp3) is 0.111. The van der Waals surface area contributed by atoms with Gasteiger partial charge < -0.3 is 4.74 Å². The molecule has 0 aliphatic heterocycles. The zero-order valence-electron chi connectivity index (χ0n) is 11.0. The Morgan fingerprint density at radius 2 is 1.89 bits per heavy atom. The monoisotopic (exact) mass is 248 g/mol. The molecule has 0 saturated heterocycles. The van der Waals surface area contributed by atoms with Gasteiger partial charge in [-0.1, -0.05) is 60.4 Å². The number of allylic oxidation sites excluding steroid dienone is 1. The molecule has 1 nitrogen and oxygen atoms in total. The summed E-state index contributed by atoms with van der Waals surface area (Å²) in [4.78, 5) is 0. The van der Waals surface area contributed by atoms with Crippen LogP contribution in [0.2, 0.25) is 0 Å². The highest BCUT2D eigenvalue weighted by molar-refractivity contribution is 5.49. The van der Waals surface area contributed by atoms with Crippen LogP contribution < -0.4 is 4.74 Å². The predicted octanol–water partition coefficient (Wildman–Crippen LogP) is 4.15. The van der Waals surface area contributed by atoms with Gasteiger partial charge in [0.05, 0.1) is 7.11 Å². The van der Waals surface area contributed by atoms with Crippen molar-refractivity contribution in [2.75, 3.05) is 7.11 Å². The van der Waals surface area contributed by atoms with Gasteiger partial charge in [0.1, 0.15) is 5.75 Å². The van der Waals surface area contributed by atoms with Gasteiger partial charge in [0.2, 0.25) is 0 Å². The maximum absolute atomic E-state index is 5.16. The van der Waals surface area contributed by atoms with Crippen LogP contribution >= 0.6 is 0 Å². The summed E-state index contributed by atoms with van der Waals surface area (Å²) in [5.41, 5.74) is 2.18. The predicted molar refractivity (Wildman–Crippen MR) is 80.0 cm³/mol. The van der Waals surface area contributed by atoms with Gasteiger partial charge in [0, 0.05) is 12.0 Å². The maximum atomic E-state index is 5.16. The van der Waals surface area contributed by atoms with Gasteiger partial charge in [-0.05, 0) is 23.8 Å². The van der Waals surface area contributed by atoms with E-state index in [1.165, 1.54) is 5.56 Å². The molecule has 0 radical (unpaired) electrons. The quantitative estimate of drug-likeness (QED) is 0.741. The summed E-state index contributed by atoms with van der Waals surface area (Å²) in [5, 5.41) is 0. The van der Waals surface area contributed by atoms with Crippen LogP contribution in [0.5, 0.6) is 5.75 Å². The minimum absolute atomic E-state index is 0.742. The summed E-state index contributed by atoms with van der Waals surface area (Å²) < 4.78 is 5.16. The molecule has 0 atom stereocenters. The Labute approximate surface area is 114 Å². The Kier molecular flexibility index (Phi) is 4.84. The topological polar surface area (TPSA) is 9.23 Å². The first kappa shape index (κ1) is 13.0. The van der Waals surface area contributed by atoms with Gasteiger partial charge in [-0.2, -0.15) is 0 Å². The normalized spacial score (nSPS) is 9.95. The Morgan fingerprint density at radius 3 is 2.68 bits per heavy atom. The highest BCUT2D eigenvalue weighted by atomic mass is 16.5. The highest BCUT2D eigenvalue weighted by Gasteiger charge is 1.90. The van der Waals surface area contributed by atoms with Crippen molar-refractivity contribution in [1.82, 2.24) is 0 Å². The fourth-order valence-corrected chi connectivity index (χ4v) is 1.67. The molecule has 0 heterocycles. The first-order valence-corrected chi connectivity index (χ1v) is 6.23. The van der Waals surface area contributed by atoms with E-state index in [1.54, 1.807) is 7.11 Å². The Balaban J connectivity index is 1.92. The number of hydrogen-bond donors (Lipinski definition) is 0. The number of hydrogen-bond acceptors (Lipinski definition) is 1. The van der Waals surface area contributed by atoms with Crippen LogP contribution in [0, 0.1) is 11.8 Å². The van der Waals surface area contributed by atoms with Crippen molar-refractivity contribution in [2.24, 2.45) is 0 Å². The second-order valence-corrected chi connectivity index (χ2v) is 4.05. The lowest BCUT2D eigenvalue weighted by Gasteiger charge is -1.97. The molecule has 0 fully saturated rings. The first-order chi connectivity index (χ1) is 9.38. The van der Waals surface area contributed by atoms with Crippen molar-refractivity contribution in [3.05, 3.63) is 71.8 Å². The molecule has 0 aliphatic carbocycles. The van der Waals surface area contributed by atoms with E-state index in [0.717, 1.165) is 17.7 Å². The zero-order chi connectivity index (χ0) is 13.3. The third-order valence-corrected chi connectivity index (χ3v) is 2.63. The van der Waals surface area contributed by atoms with Crippen molar-refractivity contribution in [1.29, 1.82) is 0 Å². The molecule has 0 unspecified atom stereocenters. The van der Waals surface area contributed by atoms with Crippen molar-refractivity contribution < 1.29 is 4.74 Å². The third kappa shape index (κ3) is 4.37. The van der Waals surface area contributed by atoms with Crippen LogP contribution in [-0.2, 0) is 0 Å². The number of benzene rings is 2. The van der Waals surface area contributed by atoms with E-state index in [1.807, 2.05) is 42.5 Å². The summed E-state index contributed by atoms with van der Waals surface area (Å²) in [5.74, 6) is 7.09. The van der Waals surface area contributed by atoms with E-state index < -0.39 is 0 Å². The lowest BCUT2D eigenvalue weighted by atomic mass is 10.2. The molecule has 0 spiro atoms. The van der Waals surface area contributed by atoms with Crippen molar-refractivity contribution in [3.8, 4) is 17.6 Å². The number of ether oxygens (including phenoxy) is 1. The molecule has 2 aromatic carbocycles. The molecule has 0 saturated carbocycles. The largest absolute Gasteiger partial charge is 0.497 e. The molecule has 0 aromatic heterocycles. The standard InChI is InChI=1S/C18H16O/c1-19-18-14-8-13-17(15-18)12-7-3-6-11-16-9-4-2-5-10-16/h2,4-6,8-11,13-15H,3H2,1H3/b11-6+. The molecule has 2 rings (SSSR count). The van der Waals surface area contributed by atoms with Gasteiger partial charge >= 0.3 is 0 Å². The molecular formula is C18H16O. The number of rotatable bonds is 3. The van der Waals surface area contributed by atoms with Crippen LogP contribution in [-0.4, -0.2) is 7.11 Å². The fourth-order valence-electron chi connectivity index (χ4n) is 1.67. The summed E-state index contributed by atoms with van der Waals surface area (Å²) >= 11 is 0. The molecule has 0 N–H and O–H groups in total. The second-order valence-electron chi connectivity index (χ2n) is 4.05. The maximum Gasteiger partial charge on any atom is 0.120 e. The Morgan fingerprint density at radius 1 is 1.05 bits per heavy atom. The van der Waals surface area contributed by atoms with Crippen molar-refractivity contribution in [2.45, 2.75) is 6.42 Å². The van der Waals surface area contributed by atoms with Gasteiger partial charge in [0.15, 0.2) is 0 Å². The summed E-state index contributed by atoms with van der Waals surface area (Å²) in [7, 11) is 1.66. The average Bonchev–Trinajstić information content (AvgIpc) is 2.48. The van der Waals surface area contributed by atoms with Crippen molar-refractivity contribution in [3.63, 3.8) is 0 Å². The smallest absolute Gasteiger partial charge is 0.120 e. The van der Waals surface area contributed by atoms with Crippen LogP contribution in [0.1, 0.15) is 17.5 Å². The van der Waals surface area contributed by atoms with Gasteiger partial charge in [-0.15, -0.1) is 0 Å². The van der Waals surface area contributed by atoms with E-state index in [4.69, 9.17) is 4.74 Å². The zero-order valence-corrected chi connectivity index (χ0v) is 11.0. The number of methoxy groups -OCH3 is 1. The minimum Gasteiger partial charge on any atom is -0.497 e. The third-order valence-electron chi connectivity index (χ3n) is 2.63. The van der Waals surface area contributed by atoms with Crippen LogP contribution in [0.3, 0.4) is 0 Å². The van der Waals surface area contributed by atoms with Gasteiger partial charge in [-0.25, -0.2) is 0 Å². The van der Waals surface area contributed by atoms with Crippen LogP contribution in [0.25, 0.3) is 6.08 Å². The van der Waals surface area contributed by atoms with Crippen LogP contribution in [0.15, 0.2) is 60.7 Å². The summed E-state index contributed by atoms with van der Waals surface area (Å²) in [6.45, 7) is 0. The van der Waals surface area contributed by atoms with Gasteiger partial charge in [-0.3, -0.25) is 0 Å². The molecule has 1 heteroatoms. The lowest BCUT2D eigenvalue weighted by Crippen LogP contribution is -1.82. The first-order valence-electron chi connectivity index (χ1n) is 6.23. The molecular weight excluding hydrogens is 232 g/mol. The minimum atomic E-state index is 0.742. The highest BCUT2D eigenvalue weighted by Crippen LogP contribution is 2.11. The van der Waals surface area contributed by atoms with Crippen LogP contribution in [0.4, 0.5) is 0 Å². The van der Waals surface area contributed by atoms with Crippen molar-refractivity contribution >= 4 is 6.08 Å². The second kappa shape index (κ2) is 7.08. The molecule has 94 valence electrons. The van der Waals surface area contributed by atoms with E-state index in [9.17, 15) is 0 Å². The molecule has 2 aromatic rings. The van der Waals surface area contributed by atoms with E-state index in [2.05, 4.69) is 36.1 Å². The average molecular weight is 248 g/mol. The van der Waals surface area contributed by atoms with E-state index in [-0.39, 0.29) is 0 Å². The molecule has 0 aliphatic rings. The molecule has 0 amide bonds. The summed E-state index contributed by atoms with van der Waals surface area (Å²) in [6, 6.07) is 18.0. The van der Waals surface area contributed by atoms with Gasteiger partial charge in [0.25, 0.3) is 0 Å². The summed E-state index contributed by atoms with van der Waals surface area (Å²) in [6.07, 6.45) is 4.90. The SMILES string of the molecule is COc1cccc(C#CC/C=C/c2ccccc2)c1. The molecule has 19 heavy (non-hydrogen) atoms. The Bertz CT molecular complexity index is 600. The lowest BCUT2D eigenvalue weighted by molar-refractivity contribution is 0.414. The van der Waals surface area contributed by atoms with E-state index in [0.29, 0.717) is 0 Å².